The Balaban J connectivity index is 4.97. The van der Waals surface area contributed by atoms with Crippen molar-refractivity contribution in [2.24, 2.45) is 0 Å². The van der Waals surface area contributed by atoms with Crippen LogP contribution in [0.25, 0.3) is 0 Å². The van der Waals surface area contributed by atoms with Gasteiger partial charge in [0.05, 0.1) is 0 Å². The highest BCUT2D eigenvalue weighted by Crippen LogP contribution is 2.21. The Morgan fingerprint density at radius 1 is 1.10 bits per heavy atom. The standard InChI is InChI=1S/C15H30O4Si/c1-7-11-17-20(10-4,18-12-8-2)19-14(9-3)15(16)13(5)6/h14H,5,7-12H2,1-4,6H3. The van der Waals surface area contributed by atoms with Crippen LogP contribution < -0.4 is 0 Å². The third kappa shape index (κ3) is 6.30. The van der Waals surface area contributed by atoms with Crippen LogP contribution in [0.1, 0.15) is 53.9 Å². The van der Waals surface area contributed by atoms with E-state index in [1.54, 1.807) is 6.92 Å². The summed E-state index contributed by atoms with van der Waals surface area (Å²) in [7, 11) is -2.77. The molecule has 20 heavy (non-hydrogen) atoms. The summed E-state index contributed by atoms with van der Waals surface area (Å²) >= 11 is 0. The lowest BCUT2D eigenvalue weighted by atomic mass is 10.1. The molecule has 0 saturated carbocycles. The van der Waals surface area contributed by atoms with Crippen LogP contribution in [0.4, 0.5) is 0 Å². The van der Waals surface area contributed by atoms with Gasteiger partial charge in [0.1, 0.15) is 6.10 Å². The van der Waals surface area contributed by atoms with Crippen molar-refractivity contribution < 1.29 is 18.1 Å². The van der Waals surface area contributed by atoms with Crippen LogP contribution in [0, 0.1) is 0 Å². The Morgan fingerprint density at radius 2 is 1.60 bits per heavy atom. The minimum absolute atomic E-state index is 0.0574. The van der Waals surface area contributed by atoms with E-state index in [0.717, 1.165) is 12.8 Å². The van der Waals surface area contributed by atoms with Crippen molar-refractivity contribution in [3.05, 3.63) is 12.2 Å². The van der Waals surface area contributed by atoms with E-state index < -0.39 is 14.9 Å². The van der Waals surface area contributed by atoms with Gasteiger partial charge in [-0.2, -0.15) is 0 Å². The van der Waals surface area contributed by atoms with Crippen molar-refractivity contribution in [1.29, 1.82) is 0 Å². The molecule has 0 aromatic heterocycles. The number of hydrogen-bond acceptors (Lipinski definition) is 4. The Bertz CT molecular complexity index is 296. The average molecular weight is 302 g/mol. The lowest BCUT2D eigenvalue weighted by molar-refractivity contribution is -0.124. The fourth-order valence-electron chi connectivity index (χ4n) is 1.73. The van der Waals surface area contributed by atoms with Crippen LogP contribution in [0.15, 0.2) is 12.2 Å². The van der Waals surface area contributed by atoms with Crippen molar-refractivity contribution in [1.82, 2.24) is 0 Å². The molecule has 0 fully saturated rings. The van der Waals surface area contributed by atoms with Gasteiger partial charge in [-0.05, 0) is 31.8 Å². The highest BCUT2D eigenvalue weighted by Gasteiger charge is 2.42. The number of carbonyl (C=O) groups is 1. The van der Waals surface area contributed by atoms with Crippen molar-refractivity contribution >= 4 is 14.6 Å². The summed E-state index contributed by atoms with van der Waals surface area (Å²) in [6, 6.07) is 0.674. The number of hydrogen-bond donors (Lipinski definition) is 0. The summed E-state index contributed by atoms with van der Waals surface area (Å²) in [5.74, 6) is -0.0574. The second-order valence-electron chi connectivity index (χ2n) is 4.89. The molecule has 5 heteroatoms. The maximum absolute atomic E-state index is 12.1. The lowest BCUT2D eigenvalue weighted by Crippen LogP contribution is -2.50. The Hall–Kier alpha value is -0.493. The van der Waals surface area contributed by atoms with Gasteiger partial charge in [0.15, 0.2) is 5.78 Å². The maximum atomic E-state index is 12.1. The first kappa shape index (κ1) is 19.5. The number of ketones is 1. The first-order chi connectivity index (χ1) is 9.46. The maximum Gasteiger partial charge on any atom is 0.501 e. The zero-order valence-corrected chi connectivity index (χ0v) is 14.7. The predicted octanol–water partition coefficient (Wildman–Crippen LogP) is 3.74. The molecule has 4 nitrogen and oxygen atoms in total. The van der Waals surface area contributed by atoms with Gasteiger partial charge in [0.2, 0.25) is 0 Å². The molecule has 0 bridgehead atoms. The quantitative estimate of drug-likeness (QED) is 0.407. The summed E-state index contributed by atoms with van der Waals surface area (Å²) in [6.45, 7) is 14.6. The van der Waals surface area contributed by atoms with Gasteiger partial charge < -0.3 is 13.3 Å². The Kier molecular flexibility index (Phi) is 10.0. The molecule has 0 N–H and O–H groups in total. The molecule has 118 valence electrons. The van der Waals surface area contributed by atoms with Crippen LogP contribution in [0.2, 0.25) is 6.04 Å². The van der Waals surface area contributed by atoms with Crippen LogP contribution in [-0.4, -0.2) is 33.9 Å². The molecule has 0 saturated heterocycles. The Morgan fingerprint density at radius 3 is 1.90 bits per heavy atom. The van der Waals surface area contributed by atoms with E-state index in [4.69, 9.17) is 13.3 Å². The van der Waals surface area contributed by atoms with Gasteiger partial charge in [-0.15, -0.1) is 0 Å². The number of carbonyl (C=O) groups excluding carboxylic acids is 1. The molecule has 0 aliphatic carbocycles. The van der Waals surface area contributed by atoms with Gasteiger partial charge in [0, 0.05) is 19.3 Å². The molecule has 1 unspecified atom stereocenters. The summed E-state index contributed by atoms with van der Waals surface area (Å²) < 4.78 is 17.9. The number of Topliss-reactive ketones (excluding diaryl/α,β-unsaturated/α-hetero) is 1. The second-order valence-corrected chi connectivity index (χ2v) is 7.78. The molecular weight excluding hydrogens is 272 g/mol. The topological polar surface area (TPSA) is 44.8 Å². The fourth-order valence-corrected chi connectivity index (χ4v) is 4.26. The zero-order valence-electron chi connectivity index (χ0n) is 13.7. The van der Waals surface area contributed by atoms with E-state index in [9.17, 15) is 4.79 Å². The van der Waals surface area contributed by atoms with Crippen molar-refractivity contribution in [2.45, 2.75) is 66.0 Å². The van der Waals surface area contributed by atoms with Crippen LogP contribution in [0.5, 0.6) is 0 Å². The highest BCUT2D eigenvalue weighted by molar-refractivity contribution is 6.60. The van der Waals surface area contributed by atoms with E-state index in [2.05, 4.69) is 6.58 Å². The van der Waals surface area contributed by atoms with Gasteiger partial charge in [-0.3, -0.25) is 4.79 Å². The van der Waals surface area contributed by atoms with E-state index >= 15 is 0 Å². The van der Waals surface area contributed by atoms with E-state index in [1.807, 2.05) is 27.7 Å². The smallest absolute Gasteiger partial charge is 0.373 e. The molecule has 0 aliphatic heterocycles. The SMILES string of the molecule is C=C(C)C(=O)C(CC)O[Si](CC)(OCCC)OCCC. The highest BCUT2D eigenvalue weighted by atomic mass is 28.4. The van der Waals surface area contributed by atoms with E-state index in [1.165, 1.54) is 0 Å². The minimum Gasteiger partial charge on any atom is -0.373 e. The summed E-state index contributed by atoms with van der Waals surface area (Å²) in [5, 5.41) is 0. The third-order valence-corrected chi connectivity index (χ3v) is 5.69. The van der Waals surface area contributed by atoms with Crippen LogP contribution in [0.3, 0.4) is 0 Å². The molecule has 0 spiro atoms. The third-order valence-electron chi connectivity index (χ3n) is 2.89. The summed E-state index contributed by atoms with van der Waals surface area (Å²) in [6.07, 6.45) is 1.90. The zero-order chi connectivity index (χ0) is 15.6. The van der Waals surface area contributed by atoms with E-state index in [-0.39, 0.29) is 5.78 Å². The molecule has 0 aliphatic rings. The van der Waals surface area contributed by atoms with Gasteiger partial charge >= 0.3 is 8.80 Å². The number of rotatable bonds is 12. The second kappa shape index (κ2) is 10.3. The minimum atomic E-state index is -2.77. The van der Waals surface area contributed by atoms with Crippen molar-refractivity contribution in [2.75, 3.05) is 13.2 Å². The first-order valence-corrected chi connectivity index (χ1v) is 9.54. The van der Waals surface area contributed by atoms with E-state index in [0.29, 0.717) is 31.3 Å². The molecule has 0 heterocycles. The fraction of sp³-hybridized carbons (Fsp3) is 0.800. The summed E-state index contributed by atoms with van der Waals surface area (Å²) in [4.78, 5) is 12.1. The van der Waals surface area contributed by atoms with Gasteiger partial charge in [-0.1, -0.05) is 34.3 Å². The van der Waals surface area contributed by atoms with Crippen LogP contribution >= 0.6 is 0 Å². The largest absolute Gasteiger partial charge is 0.501 e. The van der Waals surface area contributed by atoms with Crippen LogP contribution in [-0.2, 0) is 18.1 Å². The van der Waals surface area contributed by atoms with Crippen molar-refractivity contribution in [3.8, 4) is 0 Å². The summed E-state index contributed by atoms with van der Waals surface area (Å²) in [5.41, 5.74) is 0.516. The normalized spacial score (nSPS) is 13.2. The molecule has 0 rings (SSSR count). The van der Waals surface area contributed by atoms with Crippen molar-refractivity contribution in [3.63, 3.8) is 0 Å². The molecule has 0 aromatic rings. The lowest BCUT2D eigenvalue weighted by Gasteiger charge is -2.32. The molecule has 0 amide bonds. The predicted molar refractivity (Wildman–Crippen MR) is 83.7 cm³/mol. The van der Waals surface area contributed by atoms with Gasteiger partial charge in [-0.25, -0.2) is 0 Å². The van der Waals surface area contributed by atoms with Gasteiger partial charge in [0.25, 0.3) is 0 Å². The molecule has 0 radical (unpaired) electrons. The average Bonchev–Trinajstić information content (AvgIpc) is 2.46. The monoisotopic (exact) mass is 302 g/mol. The molecule has 0 aromatic carbocycles. The Labute approximate surface area is 124 Å². The molecular formula is C15H30O4Si. The first-order valence-electron chi connectivity index (χ1n) is 7.61. The molecule has 1 atom stereocenters.